The molecular formula is C20H20N4O4S. The van der Waals surface area contributed by atoms with Crippen molar-refractivity contribution in [1.29, 1.82) is 0 Å². The van der Waals surface area contributed by atoms with Crippen LogP contribution in [-0.2, 0) is 4.79 Å². The largest absolute Gasteiger partial charge is 0.497 e. The maximum absolute atomic E-state index is 12.5. The Balaban J connectivity index is 1.70. The first-order valence-electron chi connectivity index (χ1n) is 8.62. The van der Waals surface area contributed by atoms with Crippen LogP contribution < -0.4 is 25.4 Å². The van der Waals surface area contributed by atoms with Crippen molar-refractivity contribution in [3.63, 3.8) is 0 Å². The Morgan fingerprint density at radius 1 is 1.00 bits per heavy atom. The van der Waals surface area contributed by atoms with E-state index in [9.17, 15) is 9.59 Å². The lowest BCUT2D eigenvalue weighted by molar-refractivity contribution is -0.114. The van der Waals surface area contributed by atoms with Crippen molar-refractivity contribution in [2.24, 2.45) is 0 Å². The second-order valence-corrected chi connectivity index (χ2v) is 6.80. The number of benzene rings is 2. The molecule has 9 heteroatoms. The number of hydrogen-bond donors (Lipinski definition) is 3. The van der Waals surface area contributed by atoms with Gasteiger partial charge in [-0.05, 0) is 30.3 Å². The SMILES string of the molecule is COc1ccc(Nc2nc(C(=O)Nc3cccc(NC(C)=O)c3)cs2)c(OC)c1. The van der Waals surface area contributed by atoms with Crippen LogP contribution in [0.5, 0.6) is 11.5 Å². The van der Waals surface area contributed by atoms with Crippen molar-refractivity contribution < 1.29 is 19.1 Å². The smallest absolute Gasteiger partial charge is 0.275 e. The molecular weight excluding hydrogens is 392 g/mol. The van der Waals surface area contributed by atoms with E-state index in [0.29, 0.717) is 33.7 Å². The summed E-state index contributed by atoms with van der Waals surface area (Å²) < 4.78 is 10.5. The number of aromatic nitrogens is 1. The van der Waals surface area contributed by atoms with Gasteiger partial charge in [0.05, 0.1) is 19.9 Å². The maximum Gasteiger partial charge on any atom is 0.275 e. The Hall–Kier alpha value is -3.59. The summed E-state index contributed by atoms with van der Waals surface area (Å²) in [6.45, 7) is 1.42. The molecule has 0 unspecified atom stereocenters. The van der Waals surface area contributed by atoms with Gasteiger partial charge in [-0.1, -0.05) is 6.07 Å². The van der Waals surface area contributed by atoms with Gasteiger partial charge in [-0.15, -0.1) is 11.3 Å². The minimum atomic E-state index is -0.351. The fourth-order valence-corrected chi connectivity index (χ4v) is 3.23. The zero-order chi connectivity index (χ0) is 20.8. The number of anilines is 4. The van der Waals surface area contributed by atoms with Gasteiger partial charge in [0, 0.05) is 29.7 Å². The highest BCUT2D eigenvalue weighted by Gasteiger charge is 2.13. The molecule has 0 fully saturated rings. The van der Waals surface area contributed by atoms with E-state index in [1.807, 2.05) is 6.07 Å². The molecule has 0 spiro atoms. The van der Waals surface area contributed by atoms with Crippen LogP contribution in [0.2, 0.25) is 0 Å². The molecule has 1 heterocycles. The summed E-state index contributed by atoms with van der Waals surface area (Å²) in [5.41, 5.74) is 2.13. The monoisotopic (exact) mass is 412 g/mol. The summed E-state index contributed by atoms with van der Waals surface area (Å²) in [7, 11) is 3.15. The van der Waals surface area contributed by atoms with Gasteiger partial charge < -0.3 is 25.4 Å². The summed E-state index contributed by atoms with van der Waals surface area (Å²) in [5, 5.41) is 10.8. The van der Waals surface area contributed by atoms with Gasteiger partial charge >= 0.3 is 0 Å². The molecule has 0 saturated heterocycles. The fourth-order valence-electron chi connectivity index (χ4n) is 2.53. The van der Waals surface area contributed by atoms with Crippen LogP contribution in [0.1, 0.15) is 17.4 Å². The van der Waals surface area contributed by atoms with E-state index >= 15 is 0 Å². The standard InChI is InChI=1S/C20H20N4O4S/c1-12(25)21-13-5-4-6-14(9-13)22-19(26)17-11-29-20(24-17)23-16-8-7-15(27-2)10-18(16)28-3/h4-11H,1-3H3,(H,21,25)(H,22,26)(H,23,24). The molecule has 0 aliphatic rings. The average Bonchev–Trinajstić information content (AvgIpc) is 3.17. The number of hydrogen-bond acceptors (Lipinski definition) is 7. The molecule has 0 aliphatic heterocycles. The molecule has 1 aromatic heterocycles. The minimum Gasteiger partial charge on any atom is -0.497 e. The average molecular weight is 412 g/mol. The van der Waals surface area contributed by atoms with Crippen molar-refractivity contribution in [2.45, 2.75) is 6.92 Å². The number of rotatable bonds is 7. The van der Waals surface area contributed by atoms with E-state index in [2.05, 4.69) is 20.9 Å². The number of nitrogens with one attached hydrogen (secondary N) is 3. The zero-order valence-corrected chi connectivity index (χ0v) is 16.9. The molecule has 3 aromatic rings. The van der Waals surface area contributed by atoms with Crippen LogP contribution in [0, 0.1) is 0 Å². The zero-order valence-electron chi connectivity index (χ0n) is 16.1. The minimum absolute atomic E-state index is 0.183. The van der Waals surface area contributed by atoms with E-state index in [4.69, 9.17) is 9.47 Å². The van der Waals surface area contributed by atoms with Crippen molar-refractivity contribution >= 4 is 45.3 Å². The van der Waals surface area contributed by atoms with Crippen molar-refractivity contribution in [2.75, 3.05) is 30.2 Å². The van der Waals surface area contributed by atoms with Gasteiger partial charge in [-0.25, -0.2) is 4.98 Å². The lowest BCUT2D eigenvalue weighted by atomic mass is 10.2. The number of carbonyl (C=O) groups is 2. The van der Waals surface area contributed by atoms with Crippen LogP contribution in [0.15, 0.2) is 47.8 Å². The van der Waals surface area contributed by atoms with E-state index in [1.165, 1.54) is 18.3 Å². The van der Waals surface area contributed by atoms with Crippen molar-refractivity contribution in [1.82, 2.24) is 4.98 Å². The van der Waals surface area contributed by atoms with Crippen molar-refractivity contribution in [3.8, 4) is 11.5 Å². The first kappa shape index (κ1) is 20.2. The topological polar surface area (TPSA) is 102 Å². The lowest BCUT2D eigenvalue weighted by Crippen LogP contribution is -2.13. The molecule has 0 aliphatic carbocycles. The predicted molar refractivity (Wildman–Crippen MR) is 114 cm³/mol. The normalized spacial score (nSPS) is 10.2. The lowest BCUT2D eigenvalue weighted by Gasteiger charge is -2.10. The number of amides is 2. The van der Waals surface area contributed by atoms with Crippen molar-refractivity contribution in [3.05, 3.63) is 53.5 Å². The third-order valence-electron chi connectivity index (χ3n) is 3.83. The molecule has 0 saturated carbocycles. The fraction of sp³-hybridized carbons (Fsp3) is 0.150. The van der Waals surface area contributed by atoms with Crippen LogP contribution in [-0.4, -0.2) is 31.0 Å². The first-order chi connectivity index (χ1) is 14.0. The molecule has 2 aromatic carbocycles. The summed E-state index contributed by atoms with van der Waals surface area (Å²) >= 11 is 1.30. The molecule has 3 N–H and O–H groups in total. The second-order valence-electron chi connectivity index (χ2n) is 5.95. The molecule has 0 radical (unpaired) electrons. The van der Waals surface area contributed by atoms with Crippen LogP contribution in [0.4, 0.5) is 22.2 Å². The molecule has 0 atom stereocenters. The van der Waals surface area contributed by atoms with Gasteiger partial charge in [-0.2, -0.15) is 0 Å². The summed E-state index contributed by atoms with van der Waals surface area (Å²) in [6.07, 6.45) is 0. The van der Waals surface area contributed by atoms with Crippen LogP contribution in [0.25, 0.3) is 0 Å². The van der Waals surface area contributed by atoms with Gasteiger partial charge in [0.15, 0.2) is 5.13 Å². The Morgan fingerprint density at radius 2 is 1.76 bits per heavy atom. The van der Waals surface area contributed by atoms with Gasteiger partial charge in [0.1, 0.15) is 17.2 Å². The predicted octanol–water partition coefficient (Wildman–Crippen LogP) is 4.11. The number of thiazole rings is 1. The van der Waals surface area contributed by atoms with E-state index in [0.717, 1.165) is 0 Å². The van der Waals surface area contributed by atoms with E-state index in [1.54, 1.807) is 56.0 Å². The summed E-state index contributed by atoms with van der Waals surface area (Å²) in [5.74, 6) is 0.738. The Morgan fingerprint density at radius 3 is 2.45 bits per heavy atom. The quantitative estimate of drug-likeness (QED) is 0.540. The van der Waals surface area contributed by atoms with Crippen LogP contribution >= 0.6 is 11.3 Å². The highest BCUT2D eigenvalue weighted by atomic mass is 32.1. The number of methoxy groups -OCH3 is 2. The summed E-state index contributed by atoms with van der Waals surface area (Å²) in [6, 6.07) is 12.3. The maximum atomic E-state index is 12.5. The first-order valence-corrected chi connectivity index (χ1v) is 9.50. The highest BCUT2D eigenvalue weighted by Crippen LogP contribution is 2.32. The Labute approximate surface area is 171 Å². The highest BCUT2D eigenvalue weighted by molar-refractivity contribution is 7.14. The van der Waals surface area contributed by atoms with E-state index < -0.39 is 0 Å². The third-order valence-corrected chi connectivity index (χ3v) is 4.59. The van der Waals surface area contributed by atoms with Gasteiger partial charge in [0.2, 0.25) is 5.91 Å². The van der Waals surface area contributed by atoms with Crippen LogP contribution in [0.3, 0.4) is 0 Å². The van der Waals surface area contributed by atoms with E-state index in [-0.39, 0.29) is 17.5 Å². The Bertz CT molecular complexity index is 1030. The summed E-state index contributed by atoms with van der Waals surface area (Å²) in [4.78, 5) is 28.0. The Kier molecular flexibility index (Phi) is 6.30. The number of ether oxygens (including phenoxy) is 2. The molecule has 0 bridgehead atoms. The van der Waals surface area contributed by atoms with Gasteiger partial charge in [-0.3, -0.25) is 9.59 Å². The second kappa shape index (κ2) is 9.07. The molecule has 150 valence electrons. The molecule has 3 rings (SSSR count). The van der Waals surface area contributed by atoms with Gasteiger partial charge in [0.25, 0.3) is 5.91 Å². The number of nitrogens with zero attached hydrogens (tertiary/aromatic N) is 1. The molecule has 2 amide bonds. The molecule has 8 nitrogen and oxygen atoms in total. The number of carbonyl (C=O) groups excluding carboxylic acids is 2. The third kappa shape index (κ3) is 5.23. The molecule has 29 heavy (non-hydrogen) atoms.